The molecule has 92 valence electrons. The van der Waals surface area contributed by atoms with E-state index in [1.165, 1.54) is 12.1 Å². The van der Waals surface area contributed by atoms with Crippen molar-refractivity contribution in [2.75, 3.05) is 0 Å². The van der Waals surface area contributed by atoms with Crippen LogP contribution < -0.4 is 5.32 Å². The van der Waals surface area contributed by atoms with Gasteiger partial charge in [0.1, 0.15) is 0 Å². The Hall–Kier alpha value is -2.35. The maximum absolute atomic E-state index is 11.3. The van der Waals surface area contributed by atoms with Crippen LogP contribution in [0.4, 0.5) is 10.5 Å². The molecule has 0 spiro atoms. The summed E-state index contributed by atoms with van der Waals surface area (Å²) in [5.74, 6) is -0.998. The Kier molecular flexibility index (Phi) is 3.02. The molecule has 1 aromatic carbocycles. The molecule has 0 saturated carbocycles. The predicted molar refractivity (Wildman–Crippen MR) is 63.9 cm³/mol. The molecule has 2 rings (SSSR count). The zero-order valence-electron chi connectivity index (χ0n) is 8.75. The summed E-state index contributed by atoms with van der Waals surface area (Å²) in [4.78, 5) is 32.2. The average molecular weight is 266 g/mol. The number of nitrogens with one attached hydrogen (secondary N) is 1. The van der Waals surface area contributed by atoms with Crippen molar-refractivity contribution in [2.24, 2.45) is 0 Å². The number of rotatable bonds is 2. The van der Waals surface area contributed by atoms with Crippen molar-refractivity contribution in [2.45, 2.75) is 0 Å². The predicted octanol–water partition coefficient (Wildman–Crippen LogP) is 1.62. The van der Waals surface area contributed by atoms with Gasteiger partial charge in [0.2, 0.25) is 0 Å². The van der Waals surface area contributed by atoms with Gasteiger partial charge in [-0.15, -0.1) is 0 Å². The number of nitro groups is 1. The van der Waals surface area contributed by atoms with Gasteiger partial charge in [-0.25, -0.2) is 0 Å². The quantitative estimate of drug-likeness (QED) is 0.478. The molecule has 0 bridgehead atoms. The van der Waals surface area contributed by atoms with Crippen molar-refractivity contribution in [1.29, 1.82) is 0 Å². The zero-order chi connectivity index (χ0) is 13.3. The monoisotopic (exact) mass is 266 g/mol. The van der Waals surface area contributed by atoms with Crippen LogP contribution in [0.25, 0.3) is 6.08 Å². The van der Waals surface area contributed by atoms with Crippen LogP contribution >= 0.6 is 11.8 Å². The Labute approximate surface area is 105 Å². The molecule has 0 atom stereocenters. The fraction of sp³-hybridized carbons (Fsp3) is 0. The van der Waals surface area contributed by atoms with E-state index in [2.05, 4.69) is 5.32 Å². The number of imide groups is 1. The van der Waals surface area contributed by atoms with E-state index in [1.807, 2.05) is 0 Å². The number of phenols is 1. The number of nitrogens with zero attached hydrogens (tertiary/aromatic N) is 1. The Morgan fingerprint density at radius 1 is 1.39 bits per heavy atom. The summed E-state index contributed by atoms with van der Waals surface area (Å²) in [5.41, 5.74) is -0.106. The standard InChI is InChI=1S/C10H6N2O5S/c13-7-2-1-5(3-6(7)12(16)17)4-8-9(14)11-10(15)18-8/h1-4,13H,(H,11,14,15)/b8-4-. The van der Waals surface area contributed by atoms with Crippen LogP contribution in [-0.4, -0.2) is 21.2 Å². The van der Waals surface area contributed by atoms with E-state index >= 15 is 0 Å². The molecule has 2 amide bonds. The van der Waals surface area contributed by atoms with Crippen molar-refractivity contribution in [3.63, 3.8) is 0 Å². The van der Waals surface area contributed by atoms with E-state index in [-0.39, 0.29) is 4.91 Å². The van der Waals surface area contributed by atoms with Gasteiger partial charge in [-0.3, -0.25) is 25.0 Å². The maximum atomic E-state index is 11.3. The minimum atomic E-state index is -0.732. The van der Waals surface area contributed by atoms with Crippen LogP contribution in [0, 0.1) is 10.1 Å². The summed E-state index contributed by atoms with van der Waals surface area (Å²) in [6, 6.07) is 3.69. The SMILES string of the molecule is O=C1NC(=O)/C(=C/c2ccc(O)c([N+](=O)[O-])c2)S1. The third kappa shape index (κ3) is 2.33. The number of carbonyl (C=O) groups excluding carboxylic acids is 2. The van der Waals surface area contributed by atoms with E-state index < -0.39 is 27.5 Å². The summed E-state index contributed by atoms with van der Waals surface area (Å²) in [7, 11) is 0. The van der Waals surface area contributed by atoms with E-state index in [4.69, 9.17) is 0 Å². The topological polar surface area (TPSA) is 110 Å². The first kappa shape index (κ1) is 12.1. The molecule has 1 saturated heterocycles. The maximum Gasteiger partial charge on any atom is 0.311 e. The number of hydrogen-bond acceptors (Lipinski definition) is 6. The number of carbonyl (C=O) groups is 2. The third-order valence-electron chi connectivity index (χ3n) is 2.14. The van der Waals surface area contributed by atoms with Crippen LogP contribution in [0.1, 0.15) is 5.56 Å². The van der Waals surface area contributed by atoms with Crippen LogP contribution in [0.2, 0.25) is 0 Å². The van der Waals surface area contributed by atoms with E-state index in [9.17, 15) is 24.8 Å². The fourth-order valence-electron chi connectivity index (χ4n) is 1.35. The first-order chi connectivity index (χ1) is 8.47. The molecule has 2 N–H and O–H groups in total. The Morgan fingerprint density at radius 2 is 2.11 bits per heavy atom. The number of benzene rings is 1. The lowest BCUT2D eigenvalue weighted by Crippen LogP contribution is -2.17. The van der Waals surface area contributed by atoms with Crippen molar-refractivity contribution in [3.05, 3.63) is 38.8 Å². The first-order valence-corrected chi connectivity index (χ1v) is 5.51. The van der Waals surface area contributed by atoms with Crippen molar-refractivity contribution in [3.8, 4) is 5.75 Å². The molecule has 18 heavy (non-hydrogen) atoms. The summed E-state index contributed by atoms with van der Waals surface area (Å²) >= 11 is 0.716. The molecule has 7 nitrogen and oxygen atoms in total. The Bertz CT molecular complexity index is 596. The van der Waals surface area contributed by atoms with Crippen molar-refractivity contribution < 1.29 is 19.6 Å². The summed E-state index contributed by atoms with van der Waals surface area (Å²) in [5, 5.41) is 21.5. The van der Waals surface area contributed by atoms with Crippen molar-refractivity contribution in [1.82, 2.24) is 5.32 Å². The second-order valence-electron chi connectivity index (χ2n) is 3.36. The average Bonchev–Trinajstić information content (AvgIpc) is 2.60. The van der Waals surface area contributed by atoms with Crippen LogP contribution in [0.15, 0.2) is 23.1 Å². The molecular formula is C10H6N2O5S. The van der Waals surface area contributed by atoms with Crippen molar-refractivity contribution >= 4 is 34.7 Å². The number of thioether (sulfide) groups is 1. The molecule has 0 radical (unpaired) electrons. The molecule has 1 heterocycles. The minimum Gasteiger partial charge on any atom is -0.502 e. The van der Waals surface area contributed by atoms with Crippen LogP contribution in [0.5, 0.6) is 5.75 Å². The minimum absolute atomic E-state index is 0.153. The lowest BCUT2D eigenvalue weighted by molar-refractivity contribution is -0.385. The summed E-state index contributed by atoms with van der Waals surface area (Å²) in [6.07, 6.45) is 1.34. The van der Waals surface area contributed by atoms with Crippen LogP contribution in [0.3, 0.4) is 0 Å². The van der Waals surface area contributed by atoms with E-state index in [0.29, 0.717) is 17.3 Å². The van der Waals surface area contributed by atoms with Gasteiger partial charge in [-0.2, -0.15) is 0 Å². The molecule has 1 aliphatic rings. The van der Waals surface area contributed by atoms with Crippen LogP contribution in [-0.2, 0) is 4.79 Å². The Morgan fingerprint density at radius 3 is 2.67 bits per heavy atom. The number of nitro benzene ring substituents is 1. The molecule has 0 aromatic heterocycles. The van der Waals surface area contributed by atoms with Gasteiger partial charge in [0, 0.05) is 6.07 Å². The molecule has 1 aliphatic heterocycles. The second-order valence-corrected chi connectivity index (χ2v) is 4.37. The lowest BCUT2D eigenvalue weighted by atomic mass is 10.1. The zero-order valence-corrected chi connectivity index (χ0v) is 9.56. The summed E-state index contributed by atoms with van der Waals surface area (Å²) < 4.78 is 0. The first-order valence-electron chi connectivity index (χ1n) is 4.69. The molecule has 0 aliphatic carbocycles. The molecule has 8 heteroatoms. The normalized spacial score (nSPS) is 17.0. The molecular weight excluding hydrogens is 260 g/mol. The smallest absolute Gasteiger partial charge is 0.311 e. The largest absolute Gasteiger partial charge is 0.502 e. The van der Waals surface area contributed by atoms with Gasteiger partial charge in [-0.05, 0) is 29.5 Å². The number of amides is 2. The second kappa shape index (κ2) is 4.49. The van der Waals surface area contributed by atoms with E-state index in [0.717, 1.165) is 12.1 Å². The summed E-state index contributed by atoms with van der Waals surface area (Å²) in [6.45, 7) is 0. The van der Waals surface area contributed by atoms with Gasteiger partial charge >= 0.3 is 5.69 Å². The highest BCUT2D eigenvalue weighted by molar-refractivity contribution is 8.18. The third-order valence-corrected chi connectivity index (χ3v) is 2.95. The Balaban J connectivity index is 2.38. The van der Waals surface area contributed by atoms with Gasteiger partial charge in [0.25, 0.3) is 11.1 Å². The van der Waals surface area contributed by atoms with Gasteiger partial charge in [0.15, 0.2) is 5.75 Å². The fourth-order valence-corrected chi connectivity index (χ4v) is 2.03. The van der Waals surface area contributed by atoms with E-state index in [1.54, 1.807) is 0 Å². The number of aromatic hydroxyl groups is 1. The number of hydrogen-bond donors (Lipinski definition) is 2. The molecule has 0 unspecified atom stereocenters. The molecule has 1 aromatic rings. The van der Waals surface area contributed by atoms with Gasteiger partial charge in [-0.1, -0.05) is 6.07 Å². The number of phenolic OH excluding ortho intramolecular Hbond substituents is 1. The van der Waals surface area contributed by atoms with Gasteiger partial charge in [0.05, 0.1) is 9.83 Å². The lowest BCUT2D eigenvalue weighted by Gasteiger charge is -1.98. The van der Waals surface area contributed by atoms with Gasteiger partial charge < -0.3 is 5.11 Å². The highest BCUT2D eigenvalue weighted by Crippen LogP contribution is 2.30. The highest BCUT2D eigenvalue weighted by Gasteiger charge is 2.25. The highest BCUT2D eigenvalue weighted by atomic mass is 32.2. The molecule has 1 fully saturated rings.